The minimum absolute atomic E-state index is 0.293. The van der Waals surface area contributed by atoms with Crippen LogP contribution in [0.25, 0.3) is 11.4 Å². The molecule has 6 nitrogen and oxygen atoms in total. The summed E-state index contributed by atoms with van der Waals surface area (Å²) in [5.41, 5.74) is 2.21. The summed E-state index contributed by atoms with van der Waals surface area (Å²) >= 11 is 0. The number of ether oxygens (including phenoxy) is 2. The Labute approximate surface area is 129 Å². The van der Waals surface area contributed by atoms with E-state index in [0.717, 1.165) is 11.6 Å². The molecule has 0 amide bonds. The highest BCUT2D eigenvalue weighted by atomic mass is 16.6. The average Bonchev–Trinajstić information content (AvgIpc) is 2.95. The van der Waals surface area contributed by atoms with Crippen molar-refractivity contribution in [2.75, 3.05) is 20.3 Å². The maximum Gasteiger partial charge on any atom is 0.330 e. The van der Waals surface area contributed by atoms with Gasteiger partial charge in [0.25, 0.3) is 0 Å². The molecule has 0 unspecified atom stereocenters. The van der Waals surface area contributed by atoms with Gasteiger partial charge < -0.3 is 14.0 Å². The van der Waals surface area contributed by atoms with Crippen molar-refractivity contribution in [3.63, 3.8) is 0 Å². The zero-order valence-corrected chi connectivity index (χ0v) is 13.0. The zero-order valence-electron chi connectivity index (χ0n) is 13.0. The summed E-state index contributed by atoms with van der Waals surface area (Å²) in [6.07, 6.45) is 1.12. The van der Waals surface area contributed by atoms with Crippen molar-refractivity contribution in [1.29, 1.82) is 0 Å². The number of methoxy groups -OCH3 is 1. The molecule has 0 aliphatic heterocycles. The Balaban J connectivity index is 0.000000239. The highest BCUT2D eigenvalue weighted by Crippen LogP contribution is 2.15. The van der Waals surface area contributed by atoms with E-state index in [4.69, 9.17) is 4.52 Å². The molecule has 1 aromatic heterocycles. The van der Waals surface area contributed by atoms with Gasteiger partial charge in [-0.25, -0.2) is 4.79 Å². The number of hydrogen-bond donors (Lipinski definition) is 0. The largest absolute Gasteiger partial charge is 0.460 e. The number of benzene rings is 1. The van der Waals surface area contributed by atoms with Gasteiger partial charge in [-0.1, -0.05) is 41.6 Å². The Morgan fingerprint density at radius 3 is 2.45 bits per heavy atom. The van der Waals surface area contributed by atoms with Crippen LogP contribution in [0, 0.1) is 13.8 Å². The number of hydrogen-bond acceptors (Lipinski definition) is 6. The van der Waals surface area contributed by atoms with Crippen molar-refractivity contribution >= 4 is 5.97 Å². The lowest BCUT2D eigenvalue weighted by molar-refractivity contribution is -0.138. The molecule has 0 radical (unpaired) electrons. The molecule has 0 N–H and O–H groups in total. The number of carbonyl (C=O) groups is 1. The van der Waals surface area contributed by atoms with Crippen LogP contribution in [0.3, 0.4) is 0 Å². The summed E-state index contributed by atoms with van der Waals surface area (Å²) in [6.45, 7) is 7.78. The molecule has 0 bridgehead atoms. The van der Waals surface area contributed by atoms with Crippen molar-refractivity contribution in [1.82, 2.24) is 10.1 Å². The Bertz CT molecular complexity index is 590. The van der Waals surface area contributed by atoms with Gasteiger partial charge in [0.2, 0.25) is 11.7 Å². The third-order valence-corrected chi connectivity index (χ3v) is 2.54. The van der Waals surface area contributed by atoms with Gasteiger partial charge in [-0.15, -0.1) is 0 Å². The molecule has 0 atom stereocenters. The van der Waals surface area contributed by atoms with E-state index in [1.807, 2.05) is 31.2 Å². The van der Waals surface area contributed by atoms with E-state index >= 15 is 0 Å². The van der Waals surface area contributed by atoms with Crippen LogP contribution in [0.5, 0.6) is 0 Å². The normalized spacial score (nSPS) is 9.59. The highest BCUT2D eigenvalue weighted by Gasteiger charge is 2.03. The van der Waals surface area contributed by atoms with E-state index in [0.29, 0.717) is 24.9 Å². The first kappa shape index (κ1) is 17.6. The van der Waals surface area contributed by atoms with Gasteiger partial charge in [-0.05, 0) is 6.92 Å². The van der Waals surface area contributed by atoms with E-state index in [-0.39, 0.29) is 0 Å². The summed E-state index contributed by atoms with van der Waals surface area (Å²) in [4.78, 5) is 14.4. The second-order valence-electron chi connectivity index (χ2n) is 4.37. The number of carbonyl (C=O) groups excluding carboxylic acids is 1. The SMILES string of the molecule is C=CC(=O)OCCOC.Cc1ccc(-c2noc(C)n2)cc1. The fourth-order valence-electron chi connectivity index (χ4n) is 1.40. The van der Waals surface area contributed by atoms with Crippen molar-refractivity contribution in [2.24, 2.45) is 0 Å². The lowest BCUT2D eigenvalue weighted by atomic mass is 10.1. The zero-order chi connectivity index (χ0) is 16.4. The molecule has 6 heteroatoms. The van der Waals surface area contributed by atoms with E-state index < -0.39 is 5.97 Å². The third-order valence-electron chi connectivity index (χ3n) is 2.54. The van der Waals surface area contributed by atoms with E-state index in [9.17, 15) is 4.79 Å². The summed E-state index contributed by atoms with van der Waals surface area (Å²) < 4.78 is 14.1. The van der Waals surface area contributed by atoms with Gasteiger partial charge >= 0.3 is 5.97 Å². The van der Waals surface area contributed by atoms with Gasteiger partial charge in [0.05, 0.1) is 6.61 Å². The molecule has 0 spiro atoms. The molecule has 0 saturated heterocycles. The van der Waals surface area contributed by atoms with Crippen molar-refractivity contribution in [3.8, 4) is 11.4 Å². The molecule has 0 fully saturated rings. The quantitative estimate of drug-likeness (QED) is 0.480. The van der Waals surface area contributed by atoms with Crippen LogP contribution in [-0.4, -0.2) is 36.4 Å². The lowest BCUT2D eigenvalue weighted by Crippen LogP contribution is -2.06. The first-order chi connectivity index (χ1) is 10.6. The number of rotatable bonds is 5. The smallest absolute Gasteiger partial charge is 0.330 e. The monoisotopic (exact) mass is 304 g/mol. The third kappa shape index (κ3) is 6.32. The Hall–Kier alpha value is -2.47. The second-order valence-corrected chi connectivity index (χ2v) is 4.37. The fraction of sp³-hybridized carbons (Fsp3) is 0.312. The van der Waals surface area contributed by atoms with Gasteiger partial charge in [-0.3, -0.25) is 0 Å². The first-order valence-electron chi connectivity index (χ1n) is 6.72. The molecule has 2 aromatic rings. The number of esters is 1. The molecule has 1 heterocycles. The Kier molecular flexibility index (Phi) is 7.56. The van der Waals surface area contributed by atoms with Crippen molar-refractivity contribution in [2.45, 2.75) is 13.8 Å². The number of aryl methyl sites for hydroxylation is 2. The molecule has 22 heavy (non-hydrogen) atoms. The van der Waals surface area contributed by atoms with Gasteiger partial charge in [0, 0.05) is 25.7 Å². The van der Waals surface area contributed by atoms with Crippen LogP contribution in [0.1, 0.15) is 11.5 Å². The van der Waals surface area contributed by atoms with Crippen LogP contribution in [0.2, 0.25) is 0 Å². The van der Waals surface area contributed by atoms with E-state index in [1.54, 1.807) is 14.0 Å². The fourth-order valence-corrected chi connectivity index (χ4v) is 1.40. The van der Waals surface area contributed by atoms with Crippen LogP contribution < -0.4 is 0 Å². The maximum atomic E-state index is 10.3. The predicted molar refractivity (Wildman–Crippen MR) is 82.2 cm³/mol. The molecule has 2 rings (SSSR count). The molecular formula is C16H20N2O4. The van der Waals surface area contributed by atoms with Crippen molar-refractivity contribution in [3.05, 3.63) is 48.4 Å². The van der Waals surface area contributed by atoms with Gasteiger partial charge in [-0.2, -0.15) is 4.98 Å². The second kappa shape index (κ2) is 9.46. The molecule has 1 aromatic carbocycles. The number of nitrogens with zero attached hydrogens (tertiary/aromatic N) is 2. The first-order valence-corrected chi connectivity index (χ1v) is 6.72. The molecule has 0 aliphatic rings. The topological polar surface area (TPSA) is 74.5 Å². The lowest BCUT2D eigenvalue weighted by Gasteiger charge is -1.98. The van der Waals surface area contributed by atoms with Gasteiger partial charge in [0.1, 0.15) is 6.61 Å². The van der Waals surface area contributed by atoms with E-state index in [1.165, 1.54) is 5.56 Å². The minimum atomic E-state index is -0.410. The molecule has 0 aliphatic carbocycles. The summed E-state index contributed by atoms with van der Waals surface area (Å²) in [6, 6.07) is 8.03. The minimum Gasteiger partial charge on any atom is -0.460 e. The number of aromatic nitrogens is 2. The van der Waals surface area contributed by atoms with Crippen LogP contribution in [0.4, 0.5) is 0 Å². The Morgan fingerprint density at radius 1 is 1.27 bits per heavy atom. The average molecular weight is 304 g/mol. The van der Waals surface area contributed by atoms with Crippen LogP contribution >= 0.6 is 0 Å². The van der Waals surface area contributed by atoms with Gasteiger partial charge in [0.15, 0.2) is 0 Å². The maximum absolute atomic E-state index is 10.3. The van der Waals surface area contributed by atoms with Crippen molar-refractivity contribution < 1.29 is 18.8 Å². The summed E-state index contributed by atoms with van der Waals surface area (Å²) in [7, 11) is 1.54. The Morgan fingerprint density at radius 2 is 1.95 bits per heavy atom. The molecule has 0 saturated carbocycles. The van der Waals surface area contributed by atoms with E-state index in [2.05, 4.69) is 26.2 Å². The van der Waals surface area contributed by atoms with Crippen LogP contribution in [-0.2, 0) is 14.3 Å². The standard InChI is InChI=1S/C10H10N2O.C6H10O3/c1-7-3-5-9(6-4-7)10-11-8(2)13-12-10;1-3-6(7)9-5-4-8-2/h3-6H,1-2H3;3H,1,4-5H2,2H3. The molecule has 118 valence electrons. The predicted octanol–water partition coefficient (Wildman–Crippen LogP) is 2.72. The molecular weight excluding hydrogens is 284 g/mol. The van der Waals surface area contributed by atoms with Crippen LogP contribution in [0.15, 0.2) is 41.4 Å². The summed E-state index contributed by atoms with van der Waals surface area (Å²) in [5.74, 6) is 0.833. The summed E-state index contributed by atoms with van der Waals surface area (Å²) in [5, 5.41) is 3.83. The highest BCUT2D eigenvalue weighted by molar-refractivity contribution is 5.81.